The molecule has 0 spiro atoms. The van der Waals surface area contributed by atoms with E-state index in [1.807, 2.05) is 18.2 Å². The number of aromatic nitrogens is 1. The van der Waals surface area contributed by atoms with Crippen LogP contribution in [-0.4, -0.2) is 24.3 Å². The van der Waals surface area contributed by atoms with Gasteiger partial charge in [-0.15, -0.1) is 0 Å². The minimum absolute atomic E-state index is 0.198. The Morgan fingerprint density at radius 3 is 2.62 bits per heavy atom. The fraction of sp³-hybridized carbons (Fsp3) is 0.208. The largest absolute Gasteiger partial charge is 0.496 e. The van der Waals surface area contributed by atoms with Crippen molar-refractivity contribution >= 4 is 23.4 Å². The van der Waals surface area contributed by atoms with Crippen LogP contribution in [0.15, 0.2) is 69.6 Å². The number of ether oxygens (including phenoxy) is 2. The normalized spacial score (nSPS) is 15.9. The monoisotopic (exact) mass is 452 g/mol. The van der Waals surface area contributed by atoms with Crippen LogP contribution in [0.4, 0.5) is 4.39 Å². The van der Waals surface area contributed by atoms with E-state index in [4.69, 9.17) is 9.47 Å². The second-order valence-corrected chi connectivity index (χ2v) is 8.10. The Kier molecular flexibility index (Phi) is 6.05. The Hall–Kier alpha value is -3.52. The van der Waals surface area contributed by atoms with Gasteiger partial charge in [-0.2, -0.15) is 0 Å². The van der Waals surface area contributed by atoms with Gasteiger partial charge in [0.25, 0.3) is 5.56 Å². The van der Waals surface area contributed by atoms with E-state index in [0.29, 0.717) is 31.9 Å². The number of nitrogens with zero attached hydrogens (tertiary/aromatic N) is 2. The lowest BCUT2D eigenvalue weighted by Gasteiger charge is -2.25. The van der Waals surface area contributed by atoms with Crippen LogP contribution >= 0.6 is 11.3 Å². The van der Waals surface area contributed by atoms with E-state index in [2.05, 4.69) is 4.99 Å². The highest BCUT2D eigenvalue weighted by Gasteiger charge is 2.34. The van der Waals surface area contributed by atoms with Crippen LogP contribution in [-0.2, 0) is 9.53 Å². The molecule has 0 saturated carbocycles. The van der Waals surface area contributed by atoms with Crippen LogP contribution in [0.2, 0.25) is 0 Å². The standard InChI is InChI=1S/C24H21FN2O4S/c1-4-31-23(29)20-14(2)26-24-27(21(20)17-7-5-6-8-18(17)30-3)22(28)19(32-24)13-15-9-11-16(25)12-10-15/h5-13,21H,4H2,1-3H3/b19-13-/t21-/m0/s1. The van der Waals surface area contributed by atoms with Crippen LogP contribution in [0.3, 0.4) is 0 Å². The summed E-state index contributed by atoms with van der Waals surface area (Å²) in [6.45, 7) is 3.65. The average Bonchev–Trinajstić information content (AvgIpc) is 3.09. The van der Waals surface area contributed by atoms with Gasteiger partial charge >= 0.3 is 5.97 Å². The molecule has 4 rings (SSSR count). The zero-order valence-electron chi connectivity index (χ0n) is 17.8. The third kappa shape index (κ3) is 3.89. The molecule has 1 aliphatic rings. The molecule has 0 unspecified atom stereocenters. The van der Waals surface area contributed by atoms with Crippen LogP contribution in [0.1, 0.15) is 31.0 Å². The molecule has 0 bridgehead atoms. The molecule has 6 nitrogen and oxygen atoms in total. The summed E-state index contributed by atoms with van der Waals surface area (Å²) in [5, 5.41) is 0. The van der Waals surface area contributed by atoms with Gasteiger partial charge in [0.05, 0.1) is 29.5 Å². The first-order valence-electron chi connectivity index (χ1n) is 10.0. The Balaban J connectivity index is 1.98. The molecular weight excluding hydrogens is 431 g/mol. The minimum Gasteiger partial charge on any atom is -0.496 e. The number of halogens is 1. The predicted octanol–water partition coefficient (Wildman–Crippen LogP) is 2.95. The first kappa shape index (κ1) is 21.7. The second kappa shape index (κ2) is 8.92. The van der Waals surface area contributed by atoms with Gasteiger partial charge in [-0.3, -0.25) is 9.36 Å². The maximum absolute atomic E-state index is 13.5. The molecule has 1 aliphatic heterocycles. The van der Waals surface area contributed by atoms with Crippen LogP contribution in [0.25, 0.3) is 6.08 Å². The Morgan fingerprint density at radius 1 is 1.22 bits per heavy atom. The lowest BCUT2D eigenvalue weighted by Crippen LogP contribution is -2.40. The number of benzene rings is 2. The summed E-state index contributed by atoms with van der Waals surface area (Å²) in [5.74, 6) is -0.339. The third-order valence-corrected chi connectivity index (χ3v) is 6.10. The highest BCUT2D eigenvalue weighted by Crippen LogP contribution is 2.35. The van der Waals surface area contributed by atoms with E-state index in [0.717, 1.165) is 0 Å². The Morgan fingerprint density at radius 2 is 1.94 bits per heavy atom. The number of para-hydroxylation sites is 1. The molecule has 1 aromatic heterocycles. The maximum atomic E-state index is 13.5. The van der Waals surface area contributed by atoms with Crippen molar-refractivity contribution in [2.45, 2.75) is 19.9 Å². The van der Waals surface area contributed by atoms with Crippen LogP contribution in [0.5, 0.6) is 5.75 Å². The number of carbonyl (C=O) groups is 1. The van der Waals surface area contributed by atoms with Gasteiger partial charge in [-0.1, -0.05) is 41.7 Å². The van der Waals surface area contributed by atoms with Crippen molar-refractivity contribution < 1.29 is 18.7 Å². The summed E-state index contributed by atoms with van der Waals surface area (Å²) in [6, 6.07) is 12.4. The lowest BCUT2D eigenvalue weighted by molar-refractivity contribution is -0.139. The van der Waals surface area contributed by atoms with Gasteiger partial charge < -0.3 is 9.47 Å². The first-order valence-corrected chi connectivity index (χ1v) is 10.8. The summed E-state index contributed by atoms with van der Waals surface area (Å²) in [4.78, 5) is 31.4. The topological polar surface area (TPSA) is 69.9 Å². The van der Waals surface area contributed by atoms with Gasteiger partial charge in [-0.25, -0.2) is 14.2 Å². The number of hydrogen-bond donors (Lipinski definition) is 0. The molecule has 3 aromatic rings. The van der Waals surface area contributed by atoms with E-state index < -0.39 is 12.0 Å². The van der Waals surface area contributed by atoms with Crippen molar-refractivity contribution in [1.82, 2.24) is 4.57 Å². The van der Waals surface area contributed by atoms with Crippen LogP contribution in [0, 0.1) is 5.82 Å². The summed E-state index contributed by atoms with van der Waals surface area (Å²) in [5.41, 5.74) is 1.81. The maximum Gasteiger partial charge on any atom is 0.338 e. The zero-order chi connectivity index (χ0) is 22.8. The SMILES string of the molecule is CCOC(=O)C1=C(C)N=c2s/c(=C\c3ccc(F)cc3)c(=O)n2[C@H]1c1ccccc1OC. The van der Waals surface area contributed by atoms with Gasteiger partial charge in [0.2, 0.25) is 0 Å². The van der Waals surface area contributed by atoms with Gasteiger partial charge in [0.1, 0.15) is 17.6 Å². The third-order valence-electron chi connectivity index (χ3n) is 5.12. The number of thiazole rings is 1. The fourth-order valence-electron chi connectivity index (χ4n) is 3.69. The smallest absolute Gasteiger partial charge is 0.338 e. The number of carbonyl (C=O) groups excluding carboxylic acids is 1. The van der Waals surface area contributed by atoms with Gasteiger partial charge in [0.15, 0.2) is 4.80 Å². The zero-order valence-corrected chi connectivity index (χ0v) is 18.6. The molecule has 0 aliphatic carbocycles. The molecule has 0 saturated heterocycles. The van der Waals surface area contributed by atoms with E-state index in [-0.39, 0.29) is 23.6 Å². The summed E-state index contributed by atoms with van der Waals surface area (Å²) in [6.07, 6.45) is 1.69. The van der Waals surface area contributed by atoms with E-state index >= 15 is 0 Å². The molecule has 32 heavy (non-hydrogen) atoms. The molecular formula is C24H21FN2O4S. The molecule has 0 amide bonds. The fourth-order valence-corrected chi connectivity index (χ4v) is 4.74. The highest BCUT2D eigenvalue weighted by atomic mass is 32.1. The van der Waals surface area contributed by atoms with Gasteiger partial charge in [-0.05, 0) is 43.7 Å². The number of rotatable bonds is 5. The van der Waals surface area contributed by atoms with Crippen LogP contribution < -0.4 is 19.6 Å². The first-order chi connectivity index (χ1) is 15.4. The summed E-state index contributed by atoms with van der Waals surface area (Å²) in [7, 11) is 1.54. The van der Waals surface area contributed by atoms with Crippen molar-refractivity contribution in [3.63, 3.8) is 0 Å². The molecule has 1 atom stereocenters. The van der Waals surface area contributed by atoms with Crippen molar-refractivity contribution in [2.75, 3.05) is 13.7 Å². The average molecular weight is 453 g/mol. The molecule has 164 valence electrons. The Labute approximate surface area is 187 Å². The predicted molar refractivity (Wildman–Crippen MR) is 120 cm³/mol. The summed E-state index contributed by atoms with van der Waals surface area (Å²) >= 11 is 1.21. The molecule has 0 radical (unpaired) electrons. The van der Waals surface area contributed by atoms with E-state index in [1.165, 1.54) is 35.1 Å². The number of hydrogen-bond acceptors (Lipinski definition) is 6. The molecule has 2 heterocycles. The molecule has 0 fully saturated rings. The molecule has 8 heteroatoms. The quantitative estimate of drug-likeness (QED) is 0.558. The van der Waals surface area contributed by atoms with E-state index in [9.17, 15) is 14.0 Å². The highest BCUT2D eigenvalue weighted by molar-refractivity contribution is 7.07. The molecule has 0 N–H and O–H groups in total. The van der Waals surface area contributed by atoms with Crippen molar-refractivity contribution in [3.8, 4) is 5.75 Å². The summed E-state index contributed by atoms with van der Waals surface area (Å²) < 4.78 is 26.0. The second-order valence-electron chi connectivity index (χ2n) is 7.10. The van der Waals surface area contributed by atoms with Crippen molar-refractivity contribution in [3.05, 3.63) is 96.4 Å². The Bertz CT molecular complexity index is 1390. The lowest BCUT2D eigenvalue weighted by atomic mass is 9.95. The number of methoxy groups -OCH3 is 1. The number of allylic oxidation sites excluding steroid dienone is 1. The van der Waals surface area contributed by atoms with Gasteiger partial charge in [0, 0.05) is 5.56 Å². The number of esters is 1. The van der Waals surface area contributed by atoms with Crippen molar-refractivity contribution in [1.29, 1.82) is 0 Å². The van der Waals surface area contributed by atoms with Crippen molar-refractivity contribution in [2.24, 2.45) is 4.99 Å². The minimum atomic E-state index is -0.753. The van der Waals surface area contributed by atoms with E-state index in [1.54, 1.807) is 38.1 Å². The molecule has 2 aromatic carbocycles. The number of fused-ring (bicyclic) bond motifs is 1.